The van der Waals surface area contributed by atoms with Gasteiger partial charge in [-0.3, -0.25) is 9.59 Å². The molecule has 4 atom stereocenters. The minimum absolute atomic E-state index is 0.0132. The molecule has 4 amide bonds. The summed E-state index contributed by atoms with van der Waals surface area (Å²) in [5.74, 6) is 0.806. The zero-order chi connectivity index (χ0) is 39.9. The molecule has 4 N–H and O–H groups in total. The predicted octanol–water partition coefficient (Wildman–Crippen LogP) is 6.39. The third-order valence-electron chi connectivity index (χ3n) is 11.4. The van der Waals surface area contributed by atoms with Crippen LogP contribution in [0.1, 0.15) is 71.6 Å². The number of nitrogens with zero attached hydrogens (tertiary/aromatic N) is 5. The van der Waals surface area contributed by atoms with E-state index in [4.69, 9.17) is 19.4 Å². The summed E-state index contributed by atoms with van der Waals surface area (Å²) >= 11 is 1.61. The highest BCUT2D eigenvalue weighted by Crippen LogP contribution is 2.52. The van der Waals surface area contributed by atoms with E-state index in [0.717, 1.165) is 62.3 Å². The first kappa shape index (κ1) is 38.8. The van der Waals surface area contributed by atoms with Crippen LogP contribution in [0.4, 0.5) is 9.59 Å². The van der Waals surface area contributed by atoms with E-state index < -0.39 is 23.8 Å². The number of aromatic amines is 2. The first-order valence-corrected chi connectivity index (χ1v) is 20.0. The summed E-state index contributed by atoms with van der Waals surface area (Å²) < 4.78 is 9.61. The molecule has 3 unspecified atom stereocenters. The molecule has 2 aliphatic rings. The number of amides is 4. The van der Waals surface area contributed by atoms with Crippen LogP contribution in [0.3, 0.4) is 0 Å². The van der Waals surface area contributed by atoms with E-state index in [-0.39, 0.29) is 42.2 Å². The van der Waals surface area contributed by atoms with Crippen molar-refractivity contribution in [2.75, 3.05) is 27.3 Å². The largest absolute Gasteiger partial charge is 0.453 e. The molecule has 1 aromatic carbocycles. The van der Waals surface area contributed by atoms with Crippen LogP contribution < -0.4 is 10.6 Å². The van der Waals surface area contributed by atoms with E-state index in [0.29, 0.717) is 24.7 Å². The summed E-state index contributed by atoms with van der Waals surface area (Å²) in [4.78, 5) is 78.7. The topological polar surface area (TPSA) is 188 Å². The first-order valence-electron chi connectivity index (χ1n) is 19.1. The minimum atomic E-state index is -0.986. The average Bonchev–Trinajstić information content (AvgIpc) is 3.92. The summed E-state index contributed by atoms with van der Waals surface area (Å²) in [5.41, 5.74) is 3.23. The van der Waals surface area contributed by atoms with Crippen molar-refractivity contribution < 1.29 is 28.7 Å². The number of hydrogen-bond donors (Lipinski definition) is 4. The van der Waals surface area contributed by atoms with E-state index in [2.05, 4.69) is 37.7 Å². The average molecular weight is 784 g/mol. The van der Waals surface area contributed by atoms with Gasteiger partial charge in [0, 0.05) is 24.0 Å². The summed E-state index contributed by atoms with van der Waals surface area (Å²) in [6, 6.07) is 11.1. The number of imidazole rings is 2. The molecule has 5 aromatic rings. The molecule has 4 aromatic heterocycles. The van der Waals surface area contributed by atoms with Crippen molar-refractivity contribution in [3.05, 3.63) is 54.2 Å². The zero-order valence-electron chi connectivity index (χ0n) is 32.8. The number of fused-ring (bicyclic) bond motifs is 3. The highest BCUT2D eigenvalue weighted by molar-refractivity contribution is 7.18. The van der Waals surface area contributed by atoms with Gasteiger partial charge in [0.25, 0.3) is 0 Å². The van der Waals surface area contributed by atoms with Crippen LogP contribution in [0.15, 0.2) is 42.6 Å². The summed E-state index contributed by atoms with van der Waals surface area (Å²) in [5, 5.41) is 6.45. The van der Waals surface area contributed by atoms with Crippen LogP contribution >= 0.6 is 11.3 Å². The molecule has 0 bridgehead atoms. The van der Waals surface area contributed by atoms with Crippen molar-refractivity contribution in [3.63, 3.8) is 0 Å². The van der Waals surface area contributed by atoms with E-state index in [9.17, 15) is 19.2 Å². The number of H-pyrrole nitrogens is 2. The Balaban J connectivity index is 1.08. The molecular formula is C40H49N9O6S. The number of aromatic nitrogens is 5. The number of carbonyl (C=O) groups excluding carboxylic acids is 4. The van der Waals surface area contributed by atoms with Crippen molar-refractivity contribution in [2.45, 2.75) is 78.0 Å². The lowest BCUT2D eigenvalue weighted by Gasteiger charge is -2.29. The lowest BCUT2D eigenvalue weighted by Crippen LogP contribution is -2.52. The molecule has 1 saturated carbocycles. The third-order valence-corrected chi connectivity index (χ3v) is 12.5. The smallest absolute Gasteiger partial charge is 0.407 e. The number of thiophene rings is 1. The van der Waals surface area contributed by atoms with Crippen molar-refractivity contribution in [1.29, 1.82) is 0 Å². The van der Waals surface area contributed by atoms with Crippen molar-refractivity contribution in [2.24, 2.45) is 17.8 Å². The fraction of sp³-hybridized carbons (Fsp3) is 0.475. The molecule has 1 aliphatic carbocycles. The number of benzene rings is 1. The summed E-state index contributed by atoms with van der Waals surface area (Å²) in [7, 11) is 2.59. The third kappa shape index (κ3) is 7.06. The number of hydrogen-bond acceptors (Lipinski definition) is 10. The highest BCUT2D eigenvalue weighted by atomic mass is 32.1. The van der Waals surface area contributed by atoms with Gasteiger partial charge >= 0.3 is 12.2 Å². The maximum Gasteiger partial charge on any atom is 0.407 e. The molecule has 2 fully saturated rings. The number of pyridine rings is 1. The lowest BCUT2D eigenvalue weighted by molar-refractivity contribution is -0.136. The highest BCUT2D eigenvalue weighted by Gasteiger charge is 2.67. The molecular weight excluding hydrogens is 735 g/mol. The van der Waals surface area contributed by atoms with Gasteiger partial charge in [-0.15, -0.1) is 11.3 Å². The molecule has 1 saturated heterocycles. The number of alkyl carbamates (subject to hydrolysis) is 2. The Morgan fingerprint density at radius 3 is 2.39 bits per heavy atom. The van der Waals surface area contributed by atoms with Crippen molar-refractivity contribution in [3.8, 4) is 21.1 Å². The van der Waals surface area contributed by atoms with Crippen LogP contribution in [-0.2, 0) is 25.6 Å². The Kier molecular flexibility index (Phi) is 10.8. The zero-order valence-corrected chi connectivity index (χ0v) is 33.6. The number of ether oxygens (including phenoxy) is 2. The normalized spacial score (nSPS) is 21.0. The lowest BCUT2D eigenvalue weighted by atomic mass is 10.0. The molecule has 0 spiro atoms. The van der Waals surface area contributed by atoms with Gasteiger partial charge in [0.15, 0.2) is 5.82 Å². The number of nitrogens with one attached hydrogen (secondary N) is 4. The van der Waals surface area contributed by atoms with Crippen LogP contribution in [0.2, 0.25) is 0 Å². The number of methoxy groups -OCH3 is 2. The van der Waals surface area contributed by atoms with Gasteiger partial charge in [-0.2, -0.15) is 0 Å². The van der Waals surface area contributed by atoms with E-state index >= 15 is 0 Å². The number of rotatable bonds is 12. The molecule has 1 aliphatic heterocycles. The fourth-order valence-electron chi connectivity index (χ4n) is 7.98. The molecule has 15 nitrogen and oxygen atoms in total. The predicted molar refractivity (Wildman–Crippen MR) is 212 cm³/mol. The van der Waals surface area contributed by atoms with Crippen molar-refractivity contribution in [1.82, 2.24) is 45.4 Å². The SMILES string of the molecule is CCCN(Cc1ncc(-c2ccc(-c3ccc4c(ccc5nc([C@@H]6CCCN6C(=O)C6(NC(=O)OC)C(C)C6C)nc54)[nH]3)s2)[nH]1)C(=O)C(NC(=O)OC)C(C)C. The second-order valence-corrected chi connectivity index (χ2v) is 16.2. The van der Waals surface area contributed by atoms with E-state index in [1.165, 1.54) is 14.2 Å². The Morgan fingerprint density at radius 1 is 0.982 bits per heavy atom. The molecule has 16 heteroatoms. The van der Waals surface area contributed by atoms with Gasteiger partial charge < -0.3 is 39.9 Å². The van der Waals surface area contributed by atoms with Gasteiger partial charge in [-0.25, -0.2) is 24.5 Å². The van der Waals surface area contributed by atoms with Gasteiger partial charge in [0.1, 0.15) is 22.9 Å². The maximum absolute atomic E-state index is 14.0. The van der Waals surface area contributed by atoms with E-state index in [1.807, 2.05) is 63.8 Å². The summed E-state index contributed by atoms with van der Waals surface area (Å²) in [6.07, 6.45) is 2.85. The van der Waals surface area contributed by atoms with Crippen LogP contribution in [0.25, 0.3) is 43.1 Å². The second-order valence-electron chi connectivity index (χ2n) is 15.1. The second kappa shape index (κ2) is 15.6. The van der Waals surface area contributed by atoms with Crippen LogP contribution in [-0.4, -0.2) is 97.6 Å². The maximum atomic E-state index is 14.0. The van der Waals surface area contributed by atoms with Crippen molar-refractivity contribution >= 4 is 57.3 Å². The van der Waals surface area contributed by atoms with E-state index in [1.54, 1.807) is 22.4 Å². The Morgan fingerprint density at radius 2 is 1.71 bits per heavy atom. The number of carbonyl (C=O) groups is 4. The van der Waals surface area contributed by atoms with Crippen LogP contribution in [0.5, 0.6) is 0 Å². The standard InChI is InChI=1S/C40H49N9O6S/c1-8-17-48(36(50)33(21(2)3)46-38(52)54-6)20-32-41-19-28(43-32)31-16-15-30(56-31)26-12-11-24-25(42-26)13-14-27-34(24)45-35(44-27)29-10-9-18-49(29)37(51)40(22(4)23(40)5)47-39(53)55-7/h11-16,19,21-23,29,33,42H,8-10,17-18,20H2,1-7H3,(H,41,43)(H,46,52)(H,47,53)/t22?,23?,29-,33?,40?/m0/s1. The minimum Gasteiger partial charge on any atom is -0.453 e. The monoisotopic (exact) mass is 783 g/mol. The molecule has 296 valence electrons. The van der Waals surface area contributed by atoms with Gasteiger partial charge in [-0.1, -0.05) is 34.6 Å². The van der Waals surface area contributed by atoms with Gasteiger partial charge in [0.2, 0.25) is 11.8 Å². The summed E-state index contributed by atoms with van der Waals surface area (Å²) in [6.45, 7) is 11.1. The van der Waals surface area contributed by atoms with Crippen LogP contribution in [0, 0.1) is 17.8 Å². The first-order chi connectivity index (χ1) is 26.9. The fourth-order valence-corrected chi connectivity index (χ4v) is 8.93. The molecule has 0 radical (unpaired) electrons. The Bertz CT molecular complexity index is 2270. The molecule has 5 heterocycles. The molecule has 56 heavy (non-hydrogen) atoms. The quantitative estimate of drug-likeness (QED) is 0.111. The van der Waals surface area contributed by atoms with Gasteiger partial charge in [0.05, 0.1) is 59.7 Å². The molecule has 7 rings (SSSR count). The number of likely N-dealkylation sites (tertiary alicyclic amines) is 1. The van der Waals surface area contributed by atoms with Gasteiger partial charge in [-0.05, 0) is 73.4 Å². The Labute approximate surface area is 329 Å². The Hall–Kier alpha value is -5.51.